The Morgan fingerprint density at radius 2 is 1.86 bits per heavy atom. The molecule has 2 rings (SSSR count). The van der Waals surface area contributed by atoms with Crippen LogP contribution in [0.25, 0.3) is 0 Å². The van der Waals surface area contributed by atoms with Crippen LogP contribution in [-0.4, -0.2) is 29.8 Å². The van der Waals surface area contributed by atoms with Crippen molar-refractivity contribution in [3.8, 4) is 0 Å². The van der Waals surface area contributed by atoms with Gasteiger partial charge in [-0.25, -0.2) is 4.39 Å². The molecular formula is C18H26FNO. The van der Waals surface area contributed by atoms with E-state index in [9.17, 15) is 9.18 Å². The van der Waals surface area contributed by atoms with E-state index in [1.54, 1.807) is 12.1 Å². The van der Waals surface area contributed by atoms with Crippen LogP contribution in [0.3, 0.4) is 0 Å². The van der Waals surface area contributed by atoms with E-state index in [-0.39, 0.29) is 11.6 Å². The molecule has 0 bridgehead atoms. The third kappa shape index (κ3) is 5.24. The summed E-state index contributed by atoms with van der Waals surface area (Å²) in [6.07, 6.45) is 5.41. The lowest BCUT2D eigenvalue weighted by molar-refractivity contribution is -0.120. The predicted molar refractivity (Wildman–Crippen MR) is 83.8 cm³/mol. The molecule has 0 atom stereocenters. The molecule has 2 nitrogen and oxygen atoms in total. The molecule has 1 aromatic rings. The van der Waals surface area contributed by atoms with Crippen molar-refractivity contribution < 1.29 is 9.18 Å². The monoisotopic (exact) mass is 291 g/mol. The summed E-state index contributed by atoms with van der Waals surface area (Å²) in [5.41, 5.74) is 0.900. The first-order valence-corrected chi connectivity index (χ1v) is 8.05. The Morgan fingerprint density at radius 1 is 1.24 bits per heavy atom. The molecule has 0 aromatic heterocycles. The molecule has 0 unspecified atom stereocenters. The molecule has 0 heterocycles. The van der Waals surface area contributed by atoms with Gasteiger partial charge in [-0.15, -0.1) is 0 Å². The Morgan fingerprint density at radius 3 is 2.43 bits per heavy atom. The van der Waals surface area contributed by atoms with E-state index in [0.29, 0.717) is 24.9 Å². The molecule has 116 valence electrons. The average Bonchev–Trinajstić information content (AvgIpc) is 2.94. The second-order valence-electron chi connectivity index (χ2n) is 6.60. The van der Waals surface area contributed by atoms with E-state index < -0.39 is 0 Å². The van der Waals surface area contributed by atoms with Gasteiger partial charge in [0.1, 0.15) is 5.82 Å². The normalized spacial score (nSPS) is 16.0. The van der Waals surface area contributed by atoms with Gasteiger partial charge in [0.2, 0.25) is 0 Å². The second-order valence-corrected chi connectivity index (χ2v) is 6.60. The third-order valence-corrected chi connectivity index (χ3v) is 4.13. The molecule has 0 saturated heterocycles. The van der Waals surface area contributed by atoms with Crippen molar-refractivity contribution in [3.63, 3.8) is 0 Å². The zero-order chi connectivity index (χ0) is 15.2. The fraction of sp³-hybridized carbons (Fsp3) is 0.611. The van der Waals surface area contributed by atoms with Gasteiger partial charge in [0, 0.05) is 19.0 Å². The molecule has 1 fully saturated rings. The highest BCUT2D eigenvalue weighted by Crippen LogP contribution is 2.24. The van der Waals surface area contributed by atoms with E-state index >= 15 is 0 Å². The van der Waals surface area contributed by atoms with Crippen molar-refractivity contribution in [2.24, 2.45) is 5.92 Å². The first-order chi connectivity index (χ1) is 10.0. The number of hydrogen-bond acceptors (Lipinski definition) is 2. The summed E-state index contributed by atoms with van der Waals surface area (Å²) in [5.74, 6) is 0.553. The average molecular weight is 291 g/mol. The topological polar surface area (TPSA) is 20.3 Å². The number of hydrogen-bond donors (Lipinski definition) is 0. The van der Waals surface area contributed by atoms with Gasteiger partial charge in [-0.3, -0.25) is 9.69 Å². The van der Waals surface area contributed by atoms with Gasteiger partial charge in [0.25, 0.3) is 0 Å². The van der Waals surface area contributed by atoms with Gasteiger partial charge in [-0.2, -0.15) is 0 Å². The molecule has 1 saturated carbocycles. The van der Waals surface area contributed by atoms with E-state index in [4.69, 9.17) is 0 Å². The lowest BCUT2D eigenvalue weighted by atomic mass is 10.1. The van der Waals surface area contributed by atoms with E-state index in [0.717, 1.165) is 12.1 Å². The number of Topliss-reactive ketones (excluding diaryl/α,β-unsaturated/α-hetero) is 1. The number of halogens is 1. The number of ketones is 1. The molecule has 0 aliphatic heterocycles. The Bertz CT molecular complexity index is 449. The predicted octanol–water partition coefficient (Wildman–Crippen LogP) is 3.84. The second kappa shape index (κ2) is 7.69. The SMILES string of the molecule is CC(C)CN(CC(=O)Cc1ccc(F)cc1)C1CCCC1. The van der Waals surface area contributed by atoms with Crippen LogP contribution in [0.1, 0.15) is 45.1 Å². The van der Waals surface area contributed by atoms with Crippen molar-refractivity contribution in [2.75, 3.05) is 13.1 Å². The Kier molecular flexibility index (Phi) is 5.92. The summed E-state index contributed by atoms with van der Waals surface area (Å²) in [5, 5.41) is 0. The van der Waals surface area contributed by atoms with Crippen molar-refractivity contribution in [1.82, 2.24) is 4.90 Å². The first kappa shape index (κ1) is 16.2. The van der Waals surface area contributed by atoms with Crippen LogP contribution >= 0.6 is 0 Å². The molecular weight excluding hydrogens is 265 g/mol. The zero-order valence-corrected chi connectivity index (χ0v) is 13.1. The summed E-state index contributed by atoms with van der Waals surface area (Å²) in [7, 11) is 0. The first-order valence-electron chi connectivity index (χ1n) is 8.05. The molecule has 0 spiro atoms. The molecule has 3 heteroatoms. The summed E-state index contributed by atoms with van der Waals surface area (Å²) in [6.45, 7) is 5.92. The minimum absolute atomic E-state index is 0.231. The standard InChI is InChI=1S/C18H26FNO/c1-14(2)12-20(17-5-3-4-6-17)13-18(21)11-15-7-9-16(19)10-8-15/h7-10,14,17H,3-6,11-13H2,1-2H3. The van der Waals surface area contributed by atoms with Gasteiger partial charge in [-0.1, -0.05) is 38.8 Å². The van der Waals surface area contributed by atoms with E-state index in [1.165, 1.54) is 37.8 Å². The highest BCUT2D eigenvalue weighted by Gasteiger charge is 2.24. The fourth-order valence-electron chi connectivity index (χ4n) is 3.19. The molecule has 0 amide bonds. The van der Waals surface area contributed by atoms with Crippen LogP contribution in [0.2, 0.25) is 0 Å². The third-order valence-electron chi connectivity index (χ3n) is 4.13. The lowest BCUT2D eigenvalue weighted by Gasteiger charge is -2.29. The maximum absolute atomic E-state index is 12.9. The quantitative estimate of drug-likeness (QED) is 0.761. The summed E-state index contributed by atoms with van der Waals surface area (Å²) < 4.78 is 12.9. The number of carbonyl (C=O) groups is 1. The Hall–Kier alpha value is -1.22. The smallest absolute Gasteiger partial charge is 0.151 e. The molecule has 1 aromatic carbocycles. The highest BCUT2D eigenvalue weighted by molar-refractivity contribution is 5.82. The van der Waals surface area contributed by atoms with Crippen molar-refractivity contribution >= 4 is 5.78 Å². The molecule has 0 N–H and O–H groups in total. The van der Waals surface area contributed by atoms with Crippen LogP contribution in [0.5, 0.6) is 0 Å². The number of rotatable bonds is 7. The number of nitrogens with zero attached hydrogens (tertiary/aromatic N) is 1. The van der Waals surface area contributed by atoms with Gasteiger partial charge < -0.3 is 0 Å². The van der Waals surface area contributed by atoms with Gasteiger partial charge >= 0.3 is 0 Å². The Balaban J connectivity index is 1.92. The highest BCUT2D eigenvalue weighted by atomic mass is 19.1. The maximum Gasteiger partial charge on any atom is 0.151 e. The molecule has 21 heavy (non-hydrogen) atoms. The number of benzene rings is 1. The van der Waals surface area contributed by atoms with Crippen LogP contribution in [-0.2, 0) is 11.2 Å². The molecule has 1 aliphatic carbocycles. The fourth-order valence-corrected chi connectivity index (χ4v) is 3.19. The van der Waals surface area contributed by atoms with Crippen molar-refractivity contribution in [3.05, 3.63) is 35.6 Å². The summed E-state index contributed by atoms with van der Waals surface area (Å²) in [4.78, 5) is 14.7. The van der Waals surface area contributed by atoms with E-state index in [1.807, 2.05) is 0 Å². The summed E-state index contributed by atoms with van der Waals surface area (Å²) in [6, 6.07) is 6.83. The van der Waals surface area contributed by atoms with E-state index in [2.05, 4.69) is 18.7 Å². The summed E-state index contributed by atoms with van der Waals surface area (Å²) >= 11 is 0. The van der Waals surface area contributed by atoms with Crippen LogP contribution < -0.4 is 0 Å². The largest absolute Gasteiger partial charge is 0.298 e. The molecule has 0 radical (unpaired) electrons. The van der Waals surface area contributed by atoms with Gasteiger partial charge in [0.15, 0.2) is 5.78 Å². The van der Waals surface area contributed by atoms with Gasteiger partial charge in [-0.05, 0) is 36.5 Å². The van der Waals surface area contributed by atoms with Crippen LogP contribution in [0.15, 0.2) is 24.3 Å². The van der Waals surface area contributed by atoms with Crippen molar-refractivity contribution in [1.29, 1.82) is 0 Å². The molecule has 1 aliphatic rings. The van der Waals surface area contributed by atoms with Crippen LogP contribution in [0, 0.1) is 11.7 Å². The Labute approximate surface area is 127 Å². The minimum atomic E-state index is -0.251. The number of carbonyl (C=O) groups excluding carboxylic acids is 1. The lowest BCUT2D eigenvalue weighted by Crippen LogP contribution is -2.40. The van der Waals surface area contributed by atoms with Crippen molar-refractivity contribution in [2.45, 2.75) is 52.0 Å². The van der Waals surface area contributed by atoms with Crippen LogP contribution in [0.4, 0.5) is 4.39 Å². The minimum Gasteiger partial charge on any atom is -0.298 e. The maximum atomic E-state index is 12.9. The van der Waals surface area contributed by atoms with Gasteiger partial charge in [0.05, 0.1) is 6.54 Å². The zero-order valence-electron chi connectivity index (χ0n) is 13.1.